The molecule has 1 aromatic carbocycles. The number of hydroxylamine groups is 2. The number of rotatable bonds is 6. The molecular formula is C20H26N4O3. The summed E-state index contributed by atoms with van der Waals surface area (Å²) in [5.41, 5.74) is 2.23. The zero-order valence-electron chi connectivity index (χ0n) is 15.5. The van der Waals surface area contributed by atoms with Gasteiger partial charge in [0.2, 0.25) is 0 Å². The molecule has 0 spiro atoms. The van der Waals surface area contributed by atoms with Crippen LogP contribution in [0.1, 0.15) is 30.1 Å². The number of hydrogen-bond acceptors (Lipinski definition) is 5. The molecule has 1 saturated heterocycles. The van der Waals surface area contributed by atoms with E-state index in [2.05, 4.69) is 22.1 Å². The zero-order chi connectivity index (χ0) is 18.5. The van der Waals surface area contributed by atoms with Gasteiger partial charge in [0.1, 0.15) is 6.04 Å². The van der Waals surface area contributed by atoms with Crippen LogP contribution in [0.3, 0.4) is 0 Å². The van der Waals surface area contributed by atoms with Gasteiger partial charge in [0.25, 0.3) is 5.91 Å². The van der Waals surface area contributed by atoms with E-state index in [1.807, 2.05) is 28.9 Å². The molecule has 1 fully saturated rings. The van der Waals surface area contributed by atoms with E-state index in [9.17, 15) is 4.79 Å². The predicted molar refractivity (Wildman–Crippen MR) is 99.5 cm³/mol. The molecule has 1 aromatic heterocycles. The summed E-state index contributed by atoms with van der Waals surface area (Å²) in [5, 5.41) is 5.90. The second kappa shape index (κ2) is 8.65. The van der Waals surface area contributed by atoms with Gasteiger partial charge in [0, 0.05) is 32.4 Å². The van der Waals surface area contributed by atoms with E-state index in [4.69, 9.17) is 9.57 Å². The highest BCUT2D eigenvalue weighted by Crippen LogP contribution is 2.23. The maximum atomic E-state index is 13.0. The molecule has 4 rings (SSSR count). The van der Waals surface area contributed by atoms with E-state index in [1.54, 1.807) is 6.20 Å². The second-order valence-electron chi connectivity index (χ2n) is 7.04. The van der Waals surface area contributed by atoms with Gasteiger partial charge >= 0.3 is 0 Å². The summed E-state index contributed by atoms with van der Waals surface area (Å²) in [6, 6.07) is 11.8. The summed E-state index contributed by atoms with van der Waals surface area (Å²) in [6.45, 7) is 4.69. The minimum absolute atomic E-state index is 0.00504. The number of fused-ring (bicyclic) bond motifs is 1. The first-order valence-electron chi connectivity index (χ1n) is 9.62. The summed E-state index contributed by atoms with van der Waals surface area (Å²) in [7, 11) is 0. The summed E-state index contributed by atoms with van der Waals surface area (Å²) in [5.74, 6) is -0.00504. The Kier molecular flexibility index (Phi) is 5.81. The fraction of sp³-hybridized carbons (Fsp3) is 0.500. The molecule has 1 unspecified atom stereocenters. The normalized spacial score (nSPS) is 20.4. The van der Waals surface area contributed by atoms with Crippen molar-refractivity contribution in [2.75, 3.05) is 32.8 Å². The Morgan fingerprint density at radius 2 is 2.11 bits per heavy atom. The van der Waals surface area contributed by atoms with Crippen LogP contribution in [-0.4, -0.2) is 58.5 Å². The average molecular weight is 370 g/mol. The van der Waals surface area contributed by atoms with E-state index in [1.165, 1.54) is 10.6 Å². The minimum atomic E-state index is -0.337. The fourth-order valence-corrected chi connectivity index (χ4v) is 3.61. The number of amides is 1. The monoisotopic (exact) mass is 370 g/mol. The molecule has 7 nitrogen and oxygen atoms in total. The van der Waals surface area contributed by atoms with Crippen LogP contribution in [0.15, 0.2) is 42.6 Å². The summed E-state index contributed by atoms with van der Waals surface area (Å²) >= 11 is 0. The molecule has 2 aromatic rings. The molecular weight excluding hydrogens is 344 g/mol. The standard InChI is InChI=1S/C20H26N4O3/c25-20(23-10-4-5-12-27-23)19-15-22(14-18-8-9-21-24(18)19)11-13-26-16-17-6-2-1-3-7-17/h1-3,6-9,19H,4-5,10-16H2. The van der Waals surface area contributed by atoms with Gasteiger partial charge in [-0.2, -0.15) is 5.10 Å². The van der Waals surface area contributed by atoms with Crippen molar-refractivity contribution in [2.24, 2.45) is 0 Å². The van der Waals surface area contributed by atoms with Crippen molar-refractivity contribution in [3.8, 4) is 0 Å². The number of hydrogen-bond donors (Lipinski definition) is 0. The average Bonchev–Trinajstić information content (AvgIpc) is 3.20. The van der Waals surface area contributed by atoms with Crippen LogP contribution in [0.5, 0.6) is 0 Å². The van der Waals surface area contributed by atoms with Gasteiger partial charge in [-0.1, -0.05) is 30.3 Å². The van der Waals surface area contributed by atoms with Gasteiger partial charge in [-0.3, -0.25) is 19.2 Å². The number of carbonyl (C=O) groups excluding carboxylic acids is 1. The number of carbonyl (C=O) groups is 1. The maximum Gasteiger partial charge on any atom is 0.272 e. The molecule has 1 amide bonds. The highest BCUT2D eigenvalue weighted by molar-refractivity contribution is 5.80. The fourth-order valence-electron chi connectivity index (χ4n) is 3.61. The molecule has 1 atom stereocenters. The Hall–Kier alpha value is -2.22. The third-order valence-electron chi connectivity index (χ3n) is 5.06. The summed E-state index contributed by atoms with van der Waals surface area (Å²) < 4.78 is 7.67. The van der Waals surface area contributed by atoms with Crippen molar-refractivity contribution in [1.82, 2.24) is 19.7 Å². The molecule has 0 saturated carbocycles. The zero-order valence-corrected chi connectivity index (χ0v) is 15.5. The van der Waals surface area contributed by atoms with Crippen LogP contribution in [-0.2, 0) is 27.5 Å². The third kappa shape index (κ3) is 4.37. The topological polar surface area (TPSA) is 59.8 Å². The third-order valence-corrected chi connectivity index (χ3v) is 5.06. The lowest BCUT2D eigenvalue weighted by atomic mass is 10.1. The van der Waals surface area contributed by atoms with E-state index in [0.29, 0.717) is 32.9 Å². The molecule has 0 radical (unpaired) electrons. The van der Waals surface area contributed by atoms with Gasteiger partial charge in [-0.15, -0.1) is 0 Å². The lowest BCUT2D eigenvalue weighted by Crippen LogP contribution is -2.48. The second-order valence-corrected chi connectivity index (χ2v) is 7.04. The highest BCUT2D eigenvalue weighted by Gasteiger charge is 2.34. The molecule has 0 aliphatic carbocycles. The van der Waals surface area contributed by atoms with Crippen LogP contribution in [0.4, 0.5) is 0 Å². The van der Waals surface area contributed by atoms with Crippen LogP contribution < -0.4 is 0 Å². The number of benzene rings is 1. The van der Waals surface area contributed by atoms with Crippen LogP contribution in [0.2, 0.25) is 0 Å². The molecule has 2 aliphatic rings. The number of aromatic nitrogens is 2. The van der Waals surface area contributed by atoms with Gasteiger partial charge in [0.05, 0.1) is 25.5 Å². The molecule has 0 N–H and O–H groups in total. The Balaban J connectivity index is 1.34. The van der Waals surface area contributed by atoms with Crippen molar-refractivity contribution in [3.63, 3.8) is 0 Å². The van der Waals surface area contributed by atoms with Crippen molar-refractivity contribution in [1.29, 1.82) is 0 Å². The Bertz CT molecular complexity index is 743. The van der Waals surface area contributed by atoms with E-state index in [0.717, 1.165) is 31.6 Å². The largest absolute Gasteiger partial charge is 0.375 e. The van der Waals surface area contributed by atoms with Gasteiger partial charge in [-0.25, -0.2) is 5.06 Å². The van der Waals surface area contributed by atoms with Crippen molar-refractivity contribution in [2.45, 2.75) is 32.0 Å². The Morgan fingerprint density at radius 3 is 2.93 bits per heavy atom. The number of nitrogens with zero attached hydrogens (tertiary/aromatic N) is 4. The Labute approximate surface area is 159 Å². The van der Waals surface area contributed by atoms with Crippen molar-refractivity contribution in [3.05, 3.63) is 53.9 Å². The lowest BCUT2D eigenvalue weighted by Gasteiger charge is -2.36. The SMILES string of the molecule is O=C(C1CN(CCOCc2ccccc2)Cc2ccnn21)N1CCCCO1. The van der Waals surface area contributed by atoms with Crippen LogP contribution >= 0.6 is 0 Å². The molecule has 7 heteroatoms. The van der Waals surface area contributed by atoms with Crippen LogP contribution in [0, 0.1) is 0 Å². The molecule has 27 heavy (non-hydrogen) atoms. The van der Waals surface area contributed by atoms with E-state index < -0.39 is 0 Å². The van der Waals surface area contributed by atoms with Crippen LogP contribution in [0.25, 0.3) is 0 Å². The number of ether oxygens (including phenoxy) is 1. The summed E-state index contributed by atoms with van der Waals surface area (Å²) in [6.07, 6.45) is 3.76. The first-order valence-corrected chi connectivity index (χ1v) is 9.62. The van der Waals surface area contributed by atoms with Gasteiger partial charge < -0.3 is 4.74 Å². The molecule has 3 heterocycles. The minimum Gasteiger partial charge on any atom is -0.375 e. The smallest absolute Gasteiger partial charge is 0.272 e. The van der Waals surface area contributed by atoms with E-state index in [-0.39, 0.29) is 11.9 Å². The highest BCUT2D eigenvalue weighted by atomic mass is 16.7. The lowest BCUT2D eigenvalue weighted by molar-refractivity contribution is -0.201. The Morgan fingerprint density at radius 1 is 1.22 bits per heavy atom. The van der Waals surface area contributed by atoms with Gasteiger partial charge in [-0.05, 0) is 24.5 Å². The summed E-state index contributed by atoms with van der Waals surface area (Å²) in [4.78, 5) is 20.8. The maximum absolute atomic E-state index is 13.0. The van der Waals surface area contributed by atoms with Gasteiger partial charge in [0.15, 0.2) is 0 Å². The quantitative estimate of drug-likeness (QED) is 0.728. The first-order chi connectivity index (χ1) is 13.3. The van der Waals surface area contributed by atoms with Crippen molar-refractivity contribution >= 4 is 5.91 Å². The molecule has 0 bridgehead atoms. The predicted octanol–water partition coefficient (Wildman–Crippen LogP) is 2.01. The molecule has 2 aliphatic heterocycles. The molecule has 144 valence electrons. The first kappa shape index (κ1) is 18.2. The van der Waals surface area contributed by atoms with E-state index >= 15 is 0 Å². The van der Waals surface area contributed by atoms with Crippen molar-refractivity contribution < 1.29 is 14.4 Å².